The first kappa shape index (κ1) is 11.7. The summed E-state index contributed by atoms with van der Waals surface area (Å²) < 4.78 is 5.30. The number of ether oxygens (including phenoxy) is 1. The SMILES string of the molecule is CC(C)(C)OC(=O)N1CCC2C1C2(Br)Br. The Bertz CT molecular complexity index is 298. The van der Waals surface area contributed by atoms with Crippen LogP contribution in [0.2, 0.25) is 0 Å². The summed E-state index contributed by atoms with van der Waals surface area (Å²) in [6, 6.07) is 0.257. The number of rotatable bonds is 0. The molecular weight excluding hydrogens is 326 g/mol. The molecule has 1 heterocycles. The molecule has 0 N–H and O–H groups in total. The van der Waals surface area contributed by atoms with E-state index >= 15 is 0 Å². The summed E-state index contributed by atoms with van der Waals surface area (Å²) in [5.74, 6) is 0.532. The zero-order chi connectivity index (χ0) is 11.4. The fourth-order valence-electron chi connectivity index (χ4n) is 2.09. The van der Waals surface area contributed by atoms with E-state index in [-0.39, 0.29) is 15.4 Å². The van der Waals surface area contributed by atoms with Gasteiger partial charge in [0.2, 0.25) is 0 Å². The molecule has 1 saturated heterocycles. The quantitative estimate of drug-likeness (QED) is 0.634. The number of piperidine rings is 1. The van der Waals surface area contributed by atoms with Gasteiger partial charge in [-0.05, 0) is 27.2 Å². The van der Waals surface area contributed by atoms with Gasteiger partial charge in [0, 0.05) is 12.5 Å². The number of hydrogen-bond donors (Lipinski definition) is 0. The molecule has 3 nitrogen and oxygen atoms in total. The number of halogens is 2. The molecule has 2 fully saturated rings. The summed E-state index contributed by atoms with van der Waals surface area (Å²) in [5.41, 5.74) is -0.411. The van der Waals surface area contributed by atoms with Crippen molar-refractivity contribution in [1.29, 1.82) is 0 Å². The Balaban J connectivity index is 1.99. The lowest BCUT2D eigenvalue weighted by molar-refractivity contribution is 0.0264. The summed E-state index contributed by atoms with van der Waals surface area (Å²) in [5, 5.41) is 0. The first-order chi connectivity index (χ1) is 6.73. The maximum absolute atomic E-state index is 11.8. The Kier molecular flexibility index (Phi) is 2.62. The lowest BCUT2D eigenvalue weighted by Gasteiger charge is -2.26. The van der Waals surface area contributed by atoms with E-state index in [4.69, 9.17) is 4.74 Å². The lowest BCUT2D eigenvalue weighted by atomic mass is 10.2. The van der Waals surface area contributed by atoms with Crippen LogP contribution in [-0.2, 0) is 4.74 Å². The number of alkyl halides is 2. The lowest BCUT2D eigenvalue weighted by Crippen LogP contribution is -2.38. The van der Waals surface area contributed by atoms with E-state index in [1.165, 1.54) is 0 Å². The van der Waals surface area contributed by atoms with Crippen LogP contribution in [0, 0.1) is 5.92 Å². The molecule has 0 aromatic rings. The summed E-state index contributed by atoms with van der Waals surface area (Å²) in [6.45, 7) is 6.48. The molecule has 5 heteroatoms. The summed E-state index contributed by atoms with van der Waals surface area (Å²) in [4.78, 5) is 13.7. The molecule has 0 radical (unpaired) electrons. The molecule has 2 unspecified atom stereocenters. The molecule has 0 spiro atoms. The third kappa shape index (κ3) is 2.05. The Morgan fingerprint density at radius 3 is 2.47 bits per heavy atom. The second-order valence-electron chi connectivity index (χ2n) is 5.19. The van der Waals surface area contributed by atoms with Gasteiger partial charge in [0.1, 0.15) is 8.83 Å². The van der Waals surface area contributed by atoms with Crippen molar-refractivity contribution in [2.24, 2.45) is 5.92 Å². The second-order valence-corrected chi connectivity index (χ2v) is 8.88. The standard InChI is InChI=1S/C10H15Br2NO2/c1-9(2,3)15-8(14)13-5-4-6-7(13)10(6,11)12/h6-7H,4-5H2,1-3H3. The highest BCUT2D eigenvalue weighted by Crippen LogP contribution is 2.63. The molecule has 15 heavy (non-hydrogen) atoms. The predicted octanol–water partition coefficient (Wildman–Crippen LogP) is 3.11. The third-order valence-corrected chi connectivity index (χ3v) is 4.92. The summed E-state index contributed by atoms with van der Waals surface area (Å²) in [6.07, 6.45) is 0.844. The van der Waals surface area contributed by atoms with Gasteiger partial charge >= 0.3 is 6.09 Å². The van der Waals surface area contributed by atoms with E-state index in [1.807, 2.05) is 25.7 Å². The van der Waals surface area contributed by atoms with Gasteiger partial charge in [0.25, 0.3) is 0 Å². The fourth-order valence-corrected chi connectivity index (χ4v) is 3.92. The van der Waals surface area contributed by atoms with E-state index in [0.29, 0.717) is 5.92 Å². The first-order valence-electron chi connectivity index (χ1n) is 5.11. The van der Waals surface area contributed by atoms with Gasteiger partial charge in [-0.25, -0.2) is 4.79 Å². The van der Waals surface area contributed by atoms with Crippen molar-refractivity contribution in [3.63, 3.8) is 0 Å². The molecular formula is C10H15Br2NO2. The van der Waals surface area contributed by atoms with Crippen LogP contribution >= 0.6 is 31.9 Å². The minimum atomic E-state index is -0.411. The van der Waals surface area contributed by atoms with Gasteiger partial charge in [-0.1, -0.05) is 31.9 Å². The van der Waals surface area contributed by atoms with Crippen LogP contribution in [-0.4, -0.2) is 32.4 Å². The van der Waals surface area contributed by atoms with E-state index in [9.17, 15) is 4.79 Å². The Morgan fingerprint density at radius 2 is 2.07 bits per heavy atom. The Morgan fingerprint density at radius 1 is 1.47 bits per heavy atom. The molecule has 0 aromatic carbocycles. The van der Waals surface area contributed by atoms with Crippen molar-refractivity contribution < 1.29 is 9.53 Å². The Labute approximate surface area is 107 Å². The Hall–Kier alpha value is 0.230. The molecule has 1 amide bonds. The molecule has 0 aromatic heterocycles. The zero-order valence-corrected chi connectivity index (χ0v) is 12.3. The van der Waals surface area contributed by atoms with Crippen molar-refractivity contribution in [3.8, 4) is 0 Å². The highest BCUT2D eigenvalue weighted by Gasteiger charge is 2.69. The number of likely N-dealkylation sites (tertiary alicyclic amines) is 1. The number of hydrogen-bond acceptors (Lipinski definition) is 2. The number of amides is 1. The van der Waals surface area contributed by atoms with Crippen molar-refractivity contribution in [1.82, 2.24) is 4.90 Å². The van der Waals surface area contributed by atoms with Gasteiger partial charge in [-0.15, -0.1) is 0 Å². The first-order valence-corrected chi connectivity index (χ1v) is 6.69. The zero-order valence-electron chi connectivity index (χ0n) is 9.09. The van der Waals surface area contributed by atoms with Gasteiger partial charge in [-0.3, -0.25) is 0 Å². The molecule has 1 saturated carbocycles. The van der Waals surface area contributed by atoms with Crippen LogP contribution < -0.4 is 0 Å². The third-order valence-electron chi connectivity index (χ3n) is 2.81. The van der Waals surface area contributed by atoms with E-state index in [0.717, 1.165) is 13.0 Å². The van der Waals surface area contributed by atoms with Gasteiger partial charge in [0.15, 0.2) is 0 Å². The van der Waals surface area contributed by atoms with Crippen LogP contribution in [0.4, 0.5) is 4.79 Å². The molecule has 86 valence electrons. The minimum absolute atomic E-state index is 0.0604. The maximum atomic E-state index is 11.8. The van der Waals surface area contributed by atoms with Crippen LogP contribution in [0.5, 0.6) is 0 Å². The second kappa shape index (κ2) is 3.36. The average Bonchev–Trinajstić information content (AvgIpc) is 2.42. The summed E-state index contributed by atoms with van der Waals surface area (Å²) in [7, 11) is 0. The highest BCUT2D eigenvalue weighted by atomic mass is 79.9. The van der Waals surface area contributed by atoms with Crippen LogP contribution in [0.1, 0.15) is 27.2 Å². The average molecular weight is 341 g/mol. The number of carbonyl (C=O) groups is 1. The number of carbonyl (C=O) groups excluding carboxylic acids is 1. The maximum Gasteiger partial charge on any atom is 0.410 e. The van der Waals surface area contributed by atoms with Crippen LogP contribution in [0.3, 0.4) is 0 Å². The van der Waals surface area contributed by atoms with Crippen LogP contribution in [0.15, 0.2) is 0 Å². The largest absolute Gasteiger partial charge is 0.444 e. The highest BCUT2D eigenvalue weighted by molar-refractivity contribution is 9.25. The number of fused-ring (bicyclic) bond motifs is 1. The van der Waals surface area contributed by atoms with E-state index in [1.54, 1.807) is 0 Å². The molecule has 2 aliphatic rings. The molecule has 2 atom stereocenters. The molecule has 1 aliphatic heterocycles. The van der Waals surface area contributed by atoms with E-state index < -0.39 is 5.60 Å². The number of nitrogens with zero attached hydrogens (tertiary/aromatic N) is 1. The van der Waals surface area contributed by atoms with Crippen molar-refractivity contribution in [3.05, 3.63) is 0 Å². The van der Waals surface area contributed by atoms with Gasteiger partial charge < -0.3 is 9.64 Å². The predicted molar refractivity (Wildman–Crippen MR) is 65.4 cm³/mol. The topological polar surface area (TPSA) is 29.5 Å². The van der Waals surface area contributed by atoms with Crippen molar-refractivity contribution in [2.75, 3.05) is 6.54 Å². The monoisotopic (exact) mass is 339 g/mol. The van der Waals surface area contributed by atoms with Crippen molar-refractivity contribution in [2.45, 2.75) is 42.1 Å². The van der Waals surface area contributed by atoms with Gasteiger partial charge in [-0.2, -0.15) is 0 Å². The minimum Gasteiger partial charge on any atom is -0.444 e. The van der Waals surface area contributed by atoms with Crippen LogP contribution in [0.25, 0.3) is 0 Å². The molecule has 0 bridgehead atoms. The van der Waals surface area contributed by atoms with Gasteiger partial charge in [0.05, 0.1) is 6.04 Å². The smallest absolute Gasteiger partial charge is 0.410 e. The molecule has 1 aliphatic carbocycles. The van der Waals surface area contributed by atoms with E-state index in [2.05, 4.69) is 31.9 Å². The fraction of sp³-hybridized carbons (Fsp3) is 0.900. The summed E-state index contributed by atoms with van der Waals surface area (Å²) >= 11 is 7.17. The van der Waals surface area contributed by atoms with Crippen molar-refractivity contribution >= 4 is 38.0 Å². The molecule has 2 rings (SSSR count). The normalized spacial score (nSPS) is 32.5.